The highest BCUT2D eigenvalue weighted by Crippen LogP contribution is 2.34. The summed E-state index contributed by atoms with van der Waals surface area (Å²) < 4.78 is 39.1. The molecule has 0 aliphatic heterocycles. The van der Waals surface area contributed by atoms with Crippen molar-refractivity contribution < 1.29 is 13.2 Å². The summed E-state index contributed by atoms with van der Waals surface area (Å²) in [5.74, 6) is 0.348. The minimum absolute atomic E-state index is 0.0475. The van der Waals surface area contributed by atoms with Crippen LogP contribution in [0.15, 0.2) is 18.2 Å². The summed E-state index contributed by atoms with van der Waals surface area (Å²) in [6, 6.07) is 2.97. The molecule has 8 heteroatoms. The number of nitrogens with zero attached hydrogens (tertiary/aromatic N) is 3. The Balaban J connectivity index is 2.65. The van der Waals surface area contributed by atoms with E-state index < -0.39 is 11.7 Å². The average molecular weight is 296 g/mol. The second-order valence-corrected chi connectivity index (χ2v) is 4.26. The predicted octanol–water partition coefficient (Wildman–Crippen LogP) is 3.90. The van der Waals surface area contributed by atoms with Crippen molar-refractivity contribution in [3.8, 4) is 5.69 Å². The van der Waals surface area contributed by atoms with E-state index in [1.807, 2.05) is 0 Å². The molecular weight excluding hydrogens is 290 g/mol. The molecule has 0 bridgehead atoms. The van der Waals surface area contributed by atoms with Crippen LogP contribution in [0.25, 0.3) is 5.69 Å². The summed E-state index contributed by atoms with van der Waals surface area (Å²) >= 11 is 11.6. The Morgan fingerprint density at radius 1 is 1.17 bits per heavy atom. The van der Waals surface area contributed by atoms with Gasteiger partial charge < -0.3 is 0 Å². The van der Waals surface area contributed by atoms with E-state index in [-0.39, 0.29) is 16.0 Å². The molecule has 1 heterocycles. The molecule has 0 N–H and O–H groups in total. The minimum Gasteiger partial charge on any atom is -0.268 e. The van der Waals surface area contributed by atoms with Crippen molar-refractivity contribution in [1.29, 1.82) is 0 Å². The summed E-state index contributed by atoms with van der Waals surface area (Å²) in [6.45, 7) is 1.56. The van der Waals surface area contributed by atoms with E-state index >= 15 is 0 Å². The lowest BCUT2D eigenvalue weighted by atomic mass is 10.2. The van der Waals surface area contributed by atoms with Crippen LogP contribution < -0.4 is 0 Å². The fraction of sp³-hybridized carbons (Fsp3) is 0.200. The van der Waals surface area contributed by atoms with Crippen molar-refractivity contribution in [1.82, 2.24) is 14.8 Å². The van der Waals surface area contributed by atoms with Crippen molar-refractivity contribution in [3.05, 3.63) is 39.9 Å². The number of rotatable bonds is 1. The van der Waals surface area contributed by atoms with Gasteiger partial charge in [-0.3, -0.25) is 4.57 Å². The molecule has 0 saturated carbocycles. The van der Waals surface area contributed by atoms with Crippen molar-refractivity contribution >= 4 is 23.2 Å². The van der Waals surface area contributed by atoms with Crippen LogP contribution in [0.3, 0.4) is 0 Å². The molecule has 2 aromatic rings. The zero-order chi connectivity index (χ0) is 13.5. The van der Waals surface area contributed by atoms with Gasteiger partial charge in [0, 0.05) is 0 Å². The number of hydrogen-bond donors (Lipinski definition) is 0. The van der Waals surface area contributed by atoms with E-state index in [1.165, 1.54) is 4.57 Å². The molecule has 0 saturated heterocycles. The summed E-state index contributed by atoms with van der Waals surface area (Å²) in [4.78, 5) is 0. The Hall–Kier alpha value is -1.27. The van der Waals surface area contributed by atoms with Crippen LogP contribution in [0.4, 0.5) is 13.2 Å². The van der Waals surface area contributed by atoms with Gasteiger partial charge in [-0.1, -0.05) is 11.6 Å². The van der Waals surface area contributed by atoms with Crippen LogP contribution in [0.2, 0.25) is 10.3 Å². The molecule has 18 heavy (non-hydrogen) atoms. The zero-order valence-electron chi connectivity index (χ0n) is 8.96. The van der Waals surface area contributed by atoms with Gasteiger partial charge in [-0.05, 0) is 36.7 Å². The first-order valence-electron chi connectivity index (χ1n) is 4.75. The van der Waals surface area contributed by atoms with Crippen LogP contribution in [-0.2, 0) is 6.18 Å². The van der Waals surface area contributed by atoms with E-state index in [4.69, 9.17) is 23.2 Å². The fourth-order valence-electron chi connectivity index (χ4n) is 1.47. The normalized spacial score (nSPS) is 11.9. The van der Waals surface area contributed by atoms with E-state index in [0.717, 1.165) is 18.2 Å². The van der Waals surface area contributed by atoms with E-state index in [2.05, 4.69) is 10.2 Å². The van der Waals surface area contributed by atoms with Crippen molar-refractivity contribution in [2.75, 3.05) is 0 Å². The molecule has 0 radical (unpaired) electrons. The standard InChI is InChI=1S/C10H6Cl2F3N3/c1-5-16-17-9(12)18(5)8-4-6(10(13,14)15)2-3-7(8)11/h2-4H,1H3. The van der Waals surface area contributed by atoms with Crippen LogP contribution in [0.1, 0.15) is 11.4 Å². The van der Waals surface area contributed by atoms with Crippen LogP contribution in [0, 0.1) is 6.92 Å². The maximum atomic E-state index is 12.6. The van der Waals surface area contributed by atoms with E-state index in [0.29, 0.717) is 5.82 Å². The molecule has 0 fully saturated rings. The number of alkyl halides is 3. The highest BCUT2D eigenvalue weighted by molar-refractivity contribution is 6.33. The monoisotopic (exact) mass is 295 g/mol. The maximum Gasteiger partial charge on any atom is 0.416 e. The molecule has 1 aromatic heterocycles. The van der Waals surface area contributed by atoms with Gasteiger partial charge >= 0.3 is 6.18 Å². The Labute approximate surface area is 110 Å². The first-order chi connectivity index (χ1) is 8.30. The average Bonchev–Trinajstić information content (AvgIpc) is 2.58. The summed E-state index contributed by atoms with van der Waals surface area (Å²) in [5, 5.41) is 7.32. The number of aromatic nitrogens is 3. The third-order valence-corrected chi connectivity index (χ3v) is 2.86. The van der Waals surface area contributed by atoms with Gasteiger partial charge in [0.1, 0.15) is 5.82 Å². The van der Waals surface area contributed by atoms with Gasteiger partial charge in [0.15, 0.2) is 0 Å². The van der Waals surface area contributed by atoms with Crippen LogP contribution >= 0.6 is 23.2 Å². The highest BCUT2D eigenvalue weighted by atomic mass is 35.5. The first kappa shape index (κ1) is 13.2. The van der Waals surface area contributed by atoms with Gasteiger partial charge in [0.2, 0.25) is 5.28 Å². The summed E-state index contributed by atoms with van der Waals surface area (Å²) in [5.41, 5.74) is -0.718. The van der Waals surface area contributed by atoms with E-state index in [9.17, 15) is 13.2 Å². The second-order valence-electron chi connectivity index (χ2n) is 3.52. The second kappa shape index (κ2) is 4.44. The third-order valence-electron chi connectivity index (χ3n) is 2.30. The SMILES string of the molecule is Cc1nnc(Cl)n1-c1cc(C(F)(F)F)ccc1Cl. The number of benzene rings is 1. The molecule has 0 spiro atoms. The van der Waals surface area contributed by atoms with Crippen molar-refractivity contribution in [2.45, 2.75) is 13.1 Å². The molecule has 96 valence electrons. The summed E-state index contributed by atoms with van der Waals surface area (Å²) in [7, 11) is 0. The molecule has 1 aromatic carbocycles. The van der Waals surface area contributed by atoms with Crippen LogP contribution in [-0.4, -0.2) is 14.8 Å². The van der Waals surface area contributed by atoms with Gasteiger partial charge in [0.05, 0.1) is 16.3 Å². The Kier molecular flexibility index (Phi) is 3.25. The number of halogens is 5. The summed E-state index contributed by atoms with van der Waals surface area (Å²) in [6.07, 6.45) is -4.45. The van der Waals surface area contributed by atoms with Gasteiger partial charge in [-0.25, -0.2) is 0 Å². The fourth-order valence-corrected chi connectivity index (χ4v) is 1.92. The quantitative estimate of drug-likeness (QED) is 0.799. The molecule has 0 atom stereocenters. The van der Waals surface area contributed by atoms with Crippen molar-refractivity contribution in [2.24, 2.45) is 0 Å². The molecule has 0 unspecified atom stereocenters. The zero-order valence-corrected chi connectivity index (χ0v) is 10.5. The van der Waals surface area contributed by atoms with Crippen LogP contribution in [0.5, 0.6) is 0 Å². The molecule has 2 rings (SSSR count). The highest BCUT2D eigenvalue weighted by Gasteiger charge is 2.31. The molecular formula is C10H6Cl2F3N3. The molecule has 0 aliphatic rings. The third kappa shape index (κ3) is 2.30. The predicted molar refractivity (Wildman–Crippen MR) is 61.1 cm³/mol. The van der Waals surface area contributed by atoms with Gasteiger partial charge in [0.25, 0.3) is 0 Å². The lowest BCUT2D eigenvalue weighted by molar-refractivity contribution is -0.137. The molecule has 0 amide bonds. The Morgan fingerprint density at radius 2 is 1.83 bits per heavy atom. The lowest BCUT2D eigenvalue weighted by Gasteiger charge is -2.12. The Bertz CT molecular complexity index is 573. The smallest absolute Gasteiger partial charge is 0.268 e. The van der Waals surface area contributed by atoms with E-state index in [1.54, 1.807) is 6.92 Å². The van der Waals surface area contributed by atoms with Crippen molar-refractivity contribution in [3.63, 3.8) is 0 Å². The molecule has 0 aliphatic carbocycles. The minimum atomic E-state index is -4.45. The maximum absolute atomic E-state index is 12.6. The number of hydrogen-bond acceptors (Lipinski definition) is 2. The van der Waals surface area contributed by atoms with Gasteiger partial charge in [-0.15, -0.1) is 10.2 Å². The lowest BCUT2D eigenvalue weighted by Crippen LogP contribution is -2.07. The topological polar surface area (TPSA) is 30.7 Å². The first-order valence-corrected chi connectivity index (χ1v) is 5.51. The Morgan fingerprint density at radius 3 is 2.33 bits per heavy atom. The largest absolute Gasteiger partial charge is 0.416 e. The number of aryl methyl sites for hydroxylation is 1. The van der Waals surface area contributed by atoms with Gasteiger partial charge in [-0.2, -0.15) is 13.2 Å². The molecule has 3 nitrogen and oxygen atoms in total.